The molecule has 4 heteroatoms. The van der Waals surface area contributed by atoms with Crippen LogP contribution < -0.4 is 5.32 Å². The van der Waals surface area contributed by atoms with E-state index in [-0.39, 0.29) is 0 Å². The lowest BCUT2D eigenvalue weighted by Crippen LogP contribution is -2.32. The molecule has 3 rings (SSSR count). The summed E-state index contributed by atoms with van der Waals surface area (Å²) in [4.78, 5) is 7.18. The van der Waals surface area contributed by atoms with Crippen molar-refractivity contribution >= 4 is 11.0 Å². The molecule has 2 aromatic heterocycles. The van der Waals surface area contributed by atoms with E-state index < -0.39 is 0 Å². The lowest BCUT2D eigenvalue weighted by molar-refractivity contribution is 0.221. The quantitative estimate of drug-likeness (QED) is 0.886. The Balaban J connectivity index is 1.74. The minimum absolute atomic E-state index is 0.926. The fourth-order valence-electron chi connectivity index (χ4n) is 3.20. The Hall–Kier alpha value is -1.39. The van der Waals surface area contributed by atoms with Crippen molar-refractivity contribution in [3.63, 3.8) is 0 Å². The van der Waals surface area contributed by atoms with E-state index in [2.05, 4.69) is 39.0 Å². The number of nitrogens with one attached hydrogen (secondary N) is 1. The smallest absolute Gasteiger partial charge is 0.140 e. The average molecular weight is 286 g/mol. The van der Waals surface area contributed by atoms with Crippen molar-refractivity contribution in [3.8, 4) is 0 Å². The third kappa shape index (κ3) is 3.44. The zero-order chi connectivity index (χ0) is 14.5. The Labute approximate surface area is 127 Å². The SMILES string of the molecule is CCNCc1cn(CCN2CCCCC2)c2ncccc12. The van der Waals surface area contributed by atoms with Crippen LogP contribution in [0.3, 0.4) is 0 Å². The van der Waals surface area contributed by atoms with Crippen molar-refractivity contribution in [3.05, 3.63) is 30.1 Å². The maximum atomic E-state index is 4.59. The summed E-state index contributed by atoms with van der Waals surface area (Å²) in [6, 6.07) is 4.22. The van der Waals surface area contributed by atoms with Gasteiger partial charge in [-0.3, -0.25) is 0 Å². The molecule has 0 spiro atoms. The third-order valence-corrected chi connectivity index (χ3v) is 4.39. The van der Waals surface area contributed by atoms with Gasteiger partial charge in [0.2, 0.25) is 0 Å². The summed E-state index contributed by atoms with van der Waals surface area (Å²) >= 11 is 0. The minimum Gasteiger partial charge on any atom is -0.331 e. The molecule has 0 amide bonds. The molecule has 0 atom stereocenters. The zero-order valence-corrected chi connectivity index (χ0v) is 13.0. The molecule has 1 N–H and O–H groups in total. The van der Waals surface area contributed by atoms with Crippen LogP contribution in [0.4, 0.5) is 0 Å². The first-order valence-corrected chi connectivity index (χ1v) is 8.24. The predicted octanol–water partition coefficient (Wildman–Crippen LogP) is 2.63. The Morgan fingerprint density at radius 1 is 1.19 bits per heavy atom. The first kappa shape index (κ1) is 14.5. The summed E-state index contributed by atoms with van der Waals surface area (Å²) in [5, 5.41) is 4.71. The number of piperidine rings is 1. The predicted molar refractivity (Wildman–Crippen MR) is 87.4 cm³/mol. The molecule has 1 saturated heterocycles. The highest BCUT2D eigenvalue weighted by Crippen LogP contribution is 2.19. The van der Waals surface area contributed by atoms with Gasteiger partial charge in [-0.25, -0.2) is 4.98 Å². The Bertz CT molecular complexity index is 569. The van der Waals surface area contributed by atoms with Crippen LogP contribution in [-0.2, 0) is 13.1 Å². The van der Waals surface area contributed by atoms with E-state index in [9.17, 15) is 0 Å². The van der Waals surface area contributed by atoms with Crippen LogP contribution in [0, 0.1) is 0 Å². The highest BCUT2D eigenvalue weighted by Gasteiger charge is 2.12. The fraction of sp³-hybridized carbons (Fsp3) is 0.588. The Kier molecular flexibility index (Phi) is 4.88. The van der Waals surface area contributed by atoms with Crippen LogP contribution in [0.25, 0.3) is 11.0 Å². The number of hydrogen-bond donors (Lipinski definition) is 1. The molecule has 3 heterocycles. The van der Waals surface area contributed by atoms with Gasteiger partial charge in [0.1, 0.15) is 5.65 Å². The van der Waals surface area contributed by atoms with Crippen LogP contribution in [-0.4, -0.2) is 40.6 Å². The number of rotatable bonds is 6. The second-order valence-corrected chi connectivity index (χ2v) is 5.90. The van der Waals surface area contributed by atoms with Crippen molar-refractivity contribution in [1.29, 1.82) is 0 Å². The Morgan fingerprint density at radius 3 is 2.86 bits per heavy atom. The van der Waals surface area contributed by atoms with Crippen LogP contribution in [0.2, 0.25) is 0 Å². The van der Waals surface area contributed by atoms with Crippen molar-refractivity contribution in [2.24, 2.45) is 0 Å². The van der Waals surface area contributed by atoms with Gasteiger partial charge in [-0.1, -0.05) is 13.3 Å². The summed E-state index contributed by atoms with van der Waals surface area (Å²) in [5.74, 6) is 0. The van der Waals surface area contributed by atoms with Gasteiger partial charge in [-0.15, -0.1) is 0 Å². The maximum Gasteiger partial charge on any atom is 0.140 e. The molecule has 0 radical (unpaired) electrons. The average Bonchev–Trinajstić information content (AvgIpc) is 2.90. The standard InChI is InChI=1S/C17H26N4/c1-2-18-13-15-14-21(17-16(15)7-6-8-19-17)12-11-20-9-4-3-5-10-20/h6-8,14,18H,2-5,9-13H2,1H3. The molecule has 1 fully saturated rings. The number of likely N-dealkylation sites (tertiary alicyclic amines) is 1. The molecule has 0 unspecified atom stereocenters. The van der Waals surface area contributed by atoms with Gasteiger partial charge in [0.15, 0.2) is 0 Å². The Morgan fingerprint density at radius 2 is 2.05 bits per heavy atom. The monoisotopic (exact) mass is 286 g/mol. The first-order valence-electron chi connectivity index (χ1n) is 8.24. The van der Waals surface area contributed by atoms with Gasteiger partial charge >= 0.3 is 0 Å². The molecule has 2 aromatic rings. The number of nitrogens with zero attached hydrogens (tertiary/aromatic N) is 3. The van der Waals surface area contributed by atoms with Gasteiger partial charge in [-0.05, 0) is 50.2 Å². The summed E-state index contributed by atoms with van der Waals surface area (Å²) in [6.45, 7) is 8.78. The van der Waals surface area contributed by atoms with Gasteiger partial charge in [0.25, 0.3) is 0 Å². The second kappa shape index (κ2) is 7.05. The van der Waals surface area contributed by atoms with Crippen molar-refractivity contribution in [1.82, 2.24) is 19.8 Å². The van der Waals surface area contributed by atoms with Crippen LogP contribution in [0.1, 0.15) is 31.7 Å². The molecule has 0 aromatic carbocycles. The number of fused-ring (bicyclic) bond motifs is 1. The minimum atomic E-state index is 0.926. The number of hydrogen-bond acceptors (Lipinski definition) is 3. The van der Waals surface area contributed by atoms with E-state index in [1.165, 1.54) is 43.3 Å². The summed E-state index contributed by atoms with van der Waals surface area (Å²) < 4.78 is 2.33. The zero-order valence-electron chi connectivity index (χ0n) is 13.0. The molecule has 114 valence electrons. The topological polar surface area (TPSA) is 33.1 Å². The summed E-state index contributed by atoms with van der Waals surface area (Å²) in [7, 11) is 0. The molecular formula is C17H26N4. The highest BCUT2D eigenvalue weighted by molar-refractivity contribution is 5.80. The molecule has 4 nitrogen and oxygen atoms in total. The van der Waals surface area contributed by atoms with Gasteiger partial charge in [0, 0.05) is 37.4 Å². The van der Waals surface area contributed by atoms with E-state index in [0.29, 0.717) is 0 Å². The van der Waals surface area contributed by atoms with Crippen LogP contribution in [0.5, 0.6) is 0 Å². The van der Waals surface area contributed by atoms with Crippen LogP contribution in [0.15, 0.2) is 24.5 Å². The second-order valence-electron chi connectivity index (χ2n) is 5.90. The molecule has 0 bridgehead atoms. The van der Waals surface area contributed by atoms with Gasteiger partial charge in [-0.2, -0.15) is 0 Å². The third-order valence-electron chi connectivity index (χ3n) is 4.39. The van der Waals surface area contributed by atoms with E-state index in [4.69, 9.17) is 0 Å². The maximum absolute atomic E-state index is 4.59. The van der Waals surface area contributed by atoms with Crippen molar-refractivity contribution in [2.45, 2.75) is 39.3 Å². The van der Waals surface area contributed by atoms with E-state index >= 15 is 0 Å². The lowest BCUT2D eigenvalue weighted by atomic mass is 10.1. The largest absolute Gasteiger partial charge is 0.331 e. The lowest BCUT2D eigenvalue weighted by Gasteiger charge is -2.26. The summed E-state index contributed by atoms with van der Waals surface area (Å²) in [6.07, 6.45) is 8.30. The number of aromatic nitrogens is 2. The molecular weight excluding hydrogens is 260 g/mol. The van der Waals surface area contributed by atoms with Crippen molar-refractivity contribution < 1.29 is 0 Å². The van der Waals surface area contributed by atoms with Crippen molar-refractivity contribution in [2.75, 3.05) is 26.2 Å². The summed E-state index contributed by atoms with van der Waals surface area (Å²) in [5.41, 5.74) is 2.49. The first-order chi connectivity index (χ1) is 10.4. The molecule has 1 aliphatic rings. The fourth-order valence-corrected chi connectivity index (χ4v) is 3.20. The molecule has 21 heavy (non-hydrogen) atoms. The normalized spacial score (nSPS) is 16.6. The van der Waals surface area contributed by atoms with E-state index in [0.717, 1.165) is 31.8 Å². The van der Waals surface area contributed by atoms with Gasteiger partial charge in [0.05, 0.1) is 0 Å². The number of pyridine rings is 1. The highest BCUT2D eigenvalue weighted by atomic mass is 15.2. The molecule has 0 saturated carbocycles. The molecule has 1 aliphatic heterocycles. The van der Waals surface area contributed by atoms with Crippen LogP contribution >= 0.6 is 0 Å². The van der Waals surface area contributed by atoms with Gasteiger partial charge < -0.3 is 14.8 Å². The van der Waals surface area contributed by atoms with E-state index in [1.807, 2.05) is 12.3 Å². The molecule has 0 aliphatic carbocycles. The van der Waals surface area contributed by atoms with E-state index in [1.54, 1.807) is 0 Å².